The van der Waals surface area contributed by atoms with Gasteiger partial charge >= 0.3 is 0 Å². The Morgan fingerprint density at radius 1 is 1.35 bits per heavy atom. The minimum atomic E-state index is -0.354. The molecule has 5 heteroatoms. The van der Waals surface area contributed by atoms with Crippen LogP contribution in [0.4, 0.5) is 0 Å². The highest BCUT2D eigenvalue weighted by Gasteiger charge is 2.08. The van der Waals surface area contributed by atoms with Crippen molar-refractivity contribution < 1.29 is 9.90 Å². The number of hydrogen-bond donors (Lipinski definition) is 2. The number of aliphatic hydroxyl groups excluding tert-OH is 1. The Balaban J connectivity index is 1.99. The predicted octanol–water partition coefficient (Wildman–Crippen LogP) is 2.44. The van der Waals surface area contributed by atoms with Gasteiger partial charge in [0.15, 0.2) is 0 Å². The highest BCUT2D eigenvalue weighted by Crippen LogP contribution is 2.10. The maximum absolute atomic E-state index is 12.2. The van der Waals surface area contributed by atoms with Crippen molar-refractivity contribution in [1.29, 1.82) is 0 Å². The first-order valence-electron chi connectivity index (χ1n) is 8.06. The molecule has 1 amide bonds. The summed E-state index contributed by atoms with van der Waals surface area (Å²) in [5.41, 5.74) is 3.77. The second-order valence-corrected chi connectivity index (χ2v) is 5.89. The number of carbonyl (C=O) groups excluding carboxylic acids is 1. The summed E-state index contributed by atoms with van der Waals surface area (Å²) in [6, 6.07) is 9.61. The fourth-order valence-electron chi connectivity index (χ4n) is 2.48. The van der Waals surface area contributed by atoms with Gasteiger partial charge in [-0.25, -0.2) is 0 Å². The zero-order chi connectivity index (χ0) is 16.8. The molecule has 1 unspecified atom stereocenters. The average Bonchev–Trinajstić information content (AvgIpc) is 2.84. The molecule has 124 valence electrons. The monoisotopic (exact) mass is 315 g/mol. The predicted molar refractivity (Wildman–Crippen MR) is 90.5 cm³/mol. The van der Waals surface area contributed by atoms with Crippen molar-refractivity contribution in [3.8, 4) is 0 Å². The molecule has 0 saturated heterocycles. The third-order valence-electron chi connectivity index (χ3n) is 3.86. The number of rotatable bonds is 7. The molecule has 1 aromatic carbocycles. The van der Waals surface area contributed by atoms with E-state index in [1.807, 2.05) is 49.7 Å². The normalized spacial score (nSPS) is 12.2. The topological polar surface area (TPSA) is 67.2 Å². The van der Waals surface area contributed by atoms with Crippen LogP contribution in [-0.2, 0) is 6.54 Å². The number of nitrogens with one attached hydrogen (secondary N) is 1. The Hall–Kier alpha value is -2.14. The molecular weight excluding hydrogens is 290 g/mol. The Morgan fingerprint density at radius 2 is 2.13 bits per heavy atom. The molecule has 0 aliphatic rings. The van der Waals surface area contributed by atoms with E-state index in [4.69, 9.17) is 0 Å². The van der Waals surface area contributed by atoms with Gasteiger partial charge in [0.1, 0.15) is 0 Å². The summed E-state index contributed by atoms with van der Waals surface area (Å²) < 4.78 is 1.93. The summed E-state index contributed by atoms with van der Waals surface area (Å²) in [6.45, 7) is 7.05. The molecule has 2 rings (SSSR count). The van der Waals surface area contributed by atoms with E-state index in [0.29, 0.717) is 31.5 Å². The Labute approximate surface area is 137 Å². The largest absolute Gasteiger partial charge is 0.393 e. The lowest BCUT2D eigenvalue weighted by atomic mass is 10.1. The van der Waals surface area contributed by atoms with Crippen molar-refractivity contribution in [3.63, 3.8) is 0 Å². The number of aliphatic hydroxyl groups is 1. The Morgan fingerprint density at radius 3 is 2.78 bits per heavy atom. The first-order chi connectivity index (χ1) is 11.0. The van der Waals surface area contributed by atoms with Crippen molar-refractivity contribution in [1.82, 2.24) is 15.1 Å². The van der Waals surface area contributed by atoms with Crippen LogP contribution in [0.15, 0.2) is 30.3 Å². The van der Waals surface area contributed by atoms with Crippen LogP contribution in [0.2, 0.25) is 0 Å². The molecule has 0 radical (unpaired) electrons. The van der Waals surface area contributed by atoms with E-state index in [1.54, 1.807) is 6.07 Å². The third kappa shape index (κ3) is 4.93. The lowest BCUT2D eigenvalue weighted by molar-refractivity contribution is 0.0942. The van der Waals surface area contributed by atoms with Crippen LogP contribution in [0.3, 0.4) is 0 Å². The van der Waals surface area contributed by atoms with Gasteiger partial charge in [-0.05, 0) is 50.5 Å². The lowest BCUT2D eigenvalue weighted by Gasteiger charge is -2.10. The summed E-state index contributed by atoms with van der Waals surface area (Å²) in [4.78, 5) is 12.2. The summed E-state index contributed by atoms with van der Waals surface area (Å²) in [6.07, 6.45) is 0.925. The smallest absolute Gasteiger partial charge is 0.251 e. The summed E-state index contributed by atoms with van der Waals surface area (Å²) in [7, 11) is 0. The van der Waals surface area contributed by atoms with Crippen molar-refractivity contribution >= 4 is 5.91 Å². The number of amides is 1. The van der Waals surface area contributed by atoms with E-state index in [1.165, 1.54) is 0 Å². The molecule has 0 spiro atoms. The maximum atomic E-state index is 12.2. The maximum Gasteiger partial charge on any atom is 0.251 e. The molecule has 0 aliphatic carbocycles. The molecular formula is C18H25N3O2. The first-order valence-corrected chi connectivity index (χ1v) is 8.06. The van der Waals surface area contributed by atoms with Gasteiger partial charge < -0.3 is 10.4 Å². The standard InChI is InChI=1S/C18H25N3O2/c1-4-17(22)8-9-19-18(23)16-7-5-6-15(11-16)12-21-14(3)10-13(2)20-21/h5-7,10-11,17,22H,4,8-9,12H2,1-3H3,(H,19,23). The van der Waals surface area contributed by atoms with E-state index in [2.05, 4.69) is 10.4 Å². The molecule has 0 fully saturated rings. The van der Waals surface area contributed by atoms with Gasteiger partial charge in [-0.15, -0.1) is 0 Å². The summed E-state index contributed by atoms with van der Waals surface area (Å²) >= 11 is 0. The fourth-order valence-corrected chi connectivity index (χ4v) is 2.48. The number of nitrogens with zero attached hydrogens (tertiary/aromatic N) is 2. The van der Waals surface area contributed by atoms with Gasteiger partial charge in [0.25, 0.3) is 5.91 Å². The zero-order valence-electron chi connectivity index (χ0n) is 14.0. The van der Waals surface area contributed by atoms with Gasteiger partial charge in [0, 0.05) is 17.8 Å². The van der Waals surface area contributed by atoms with Crippen molar-refractivity contribution in [2.24, 2.45) is 0 Å². The van der Waals surface area contributed by atoms with Crippen molar-refractivity contribution in [3.05, 3.63) is 52.8 Å². The Kier molecular flexibility index (Phi) is 5.93. The molecule has 5 nitrogen and oxygen atoms in total. The van der Waals surface area contributed by atoms with E-state index in [-0.39, 0.29) is 12.0 Å². The van der Waals surface area contributed by atoms with Crippen molar-refractivity contribution in [2.45, 2.75) is 46.3 Å². The van der Waals surface area contributed by atoms with Crippen LogP contribution in [0.25, 0.3) is 0 Å². The SMILES string of the molecule is CCC(O)CCNC(=O)c1cccc(Cn2nc(C)cc2C)c1. The highest BCUT2D eigenvalue weighted by atomic mass is 16.3. The van der Waals surface area contributed by atoms with Gasteiger partial charge in [0.2, 0.25) is 0 Å². The quantitative estimate of drug-likeness (QED) is 0.824. The minimum absolute atomic E-state index is 0.108. The van der Waals surface area contributed by atoms with Crippen LogP contribution in [-0.4, -0.2) is 33.4 Å². The van der Waals surface area contributed by atoms with Gasteiger partial charge in [-0.1, -0.05) is 19.1 Å². The molecule has 0 saturated carbocycles. The van der Waals surface area contributed by atoms with E-state index in [0.717, 1.165) is 17.0 Å². The number of carbonyl (C=O) groups is 1. The lowest BCUT2D eigenvalue weighted by Crippen LogP contribution is -2.27. The molecule has 1 atom stereocenters. The van der Waals surface area contributed by atoms with Crippen LogP contribution in [0, 0.1) is 13.8 Å². The molecule has 23 heavy (non-hydrogen) atoms. The summed E-state index contributed by atoms with van der Waals surface area (Å²) in [5, 5.41) is 16.8. The van der Waals surface area contributed by atoms with E-state index < -0.39 is 0 Å². The highest BCUT2D eigenvalue weighted by molar-refractivity contribution is 5.94. The molecule has 2 N–H and O–H groups in total. The number of benzene rings is 1. The van der Waals surface area contributed by atoms with E-state index >= 15 is 0 Å². The second kappa shape index (κ2) is 7.92. The second-order valence-electron chi connectivity index (χ2n) is 5.89. The van der Waals surface area contributed by atoms with Crippen LogP contribution < -0.4 is 5.32 Å². The number of hydrogen-bond acceptors (Lipinski definition) is 3. The number of aromatic nitrogens is 2. The molecule has 1 heterocycles. The molecule has 0 aliphatic heterocycles. The van der Waals surface area contributed by atoms with Crippen LogP contribution in [0.1, 0.15) is 47.1 Å². The summed E-state index contributed by atoms with van der Waals surface area (Å²) in [5.74, 6) is -0.108. The molecule has 1 aromatic heterocycles. The van der Waals surface area contributed by atoms with Gasteiger partial charge in [-0.2, -0.15) is 5.10 Å². The van der Waals surface area contributed by atoms with Gasteiger partial charge in [-0.3, -0.25) is 9.48 Å². The molecule has 0 bridgehead atoms. The number of aryl methyl sites for hydroxylation is 2. The first kappa shape index (κ1) is 17.2. The minimum Gasteiger partial charge on any atom is -0.393 e. The van der Waals surface area contributed by atoms with Crippen LogP contribution in [0.5, 0.6) is 0 Å². The van der Waals surface area contributed by atoms with Crippen molar-refractivity contribution in [2.75, 3.05) is 6.54 Å². The zero-order valence-corrected chi connectivity index (χ0v) is 14.0. The third-order valence-corrected chi connectivity index (χ3v) is 3.86. The van der Waals surface area contributed by atoms with E-state index in [9.17, 15) is 9.90 Å². The fraction of sp³-hybridized carbons (Fsp3) is 0.444. The van der Waals surface area contributed by atoms with Crippen LogP contribution >= 0.6 is 0 Å². The average molecular weight is 315 g/mol. The van der Waals surface area contributed by atoms with Gasteiger partial charge in [0.05, 0.1) is 18.3 Å². The Bertz CT molecular complexity index is 664. The molecule has 2 aromatic rings.